The summed E-state index contributed by atoms with van der Waals surface area (Å²) >= 11 is 0. The van der Waals surface area contributed by atoms with E-state index in [0.717, 1.165) is 10.7 Å². The summed E-state index contributed by atoms with van der Waals surface area (Å²) < 4.78 is 71.1. The van der Waals surface area contributed by atoms with E-state index in [4.69, 9.17) is 5.73 Å². The van der Waals surface area contributed by atoms with Crippen molar-refractivity contribution in [2.45, 2.75) is 51.6 Å². The molecule has 0 radical (unpaired) electrons. The van der Waals surface area contributed by atoms with Gasteiger partial charge in [0.05, 0.1) is 11.3 Å². The van der Waals surface area contributed by atoms with Gasteiger partial charge in [0, 0.05) is 39.6 Å². The number of nitrogens with one attached hydrogen (secondary N) is 1. The largest absolute Gasteiger partial charge is 0.573 e. The van der Waals surface area contributed by atoms with Crippen LogP contribution in [-0.2, 0) is 10.2 Å². The molecule has 13 heteroatoms. The van der Waals surface area contributed by atoms with Crippen LogP contribution in [0.1, 0.15) is 46.8 Å². The first kappa shape index (κ1) is 27.1. The second kappa shape index (κ2) is 9.76. The molecule has 2 aromatic rings. The molecule has 2 aliphatic rings. The summed E-state index contributed by atoms with van der Waals surface area (Å²) in [5.74, 6) is -0.728. The summed E-state index contributed by atoms with van der Waals surface area (Å²) in [5, 5.41) is 0. The maximum Gasteiger partial charge on any atom is 0.573 e. The van der Waals surface area contributed by atoms with Crippen LogP contribution in [0, 0.1) is 5.92 Å². The van der Waals surface area contributed by atoms with Crippen molar-refractivity contribution in [1.82, 2.24) is 14.0 Å². The lowest BCUT2D eigenvalue weighted by atomic mass is 9.97. The summed E-state index contributed by atoms with van der Waals surface area (Å²) in [4.78, 5) is 19.9. The van der Waals surface area contributed by atoms with Crippen LogP contribution >= 0.6 is 0 Å². The minimum atomic E-state index is -4.85. The maximum absolute atomic E-state index is 13.3. The summed E-state index contributed by atoms with van der Waals surface area (Å²) in [7, 11) is -4.12. The molecule has 2 aliphatic heterocycles. The molecule has 1 aromatic carbocycles. The highest BCUT2D eigenvalue weighted by Crippen LogP contribution is 2.38. The zero-order valence-electron chi connectivity index (χ0n) is 20.7. The highest BCUT2D eigenvalue weighted by atomic mass is 32.2. The first-order valence-electron chi connectivity index (χ1n) is 11.9. The standard InChI is InChI=1S/C24H30F3N5O4S.2H2/c1-15-12-23(2,3)32(13-15)21-19(22(33)30-37(34,35)31-10-9-17(28)14-31)7-8-20(29-21)16-5-4-6-18(11-16)36-24(25,26)27;;/h4-8,11,15,17H,9-10,12-14,28H2,1-3H3,(H,30,33);2*1H/t15-,17-;;/m0../s1. The highest BCUT2D eigenvalue weighted by molar-refractivity contribution is 7.87. The average molecular weight is 546 g/mol. The minimum absolute atomic E-state index is 0. The summed E-state index contributed by atoms with van der Waals surface area (Å²) in [6.07, 6.45) is -3.55. The topological polar surface area (TPSA) is 118 Å². The van der Waals surface area contributed by atoms with Gasteiger partial charge in [0.1, 0.15) is 11.6 Å². The van der Waals surface area contributed by atoms with Crippen molar-refractivity contribution in [2.75, 3.05) is 24.5 Å². The van der Waals surface area contributed by atoms with E-state index in [-0.39, 0.29) is 39.3 Å². The van der Waals surface area contributed by atoms with Crippen LogP contribution in [0.5, 0.6) is 5.75 Å². The Balaban J connectivity index is 0.00000267. The molecule has 1 amide bonds. The molecule has 9 nitrogen and oxygen atoms in total. The van der Waals surface area contributed by atoms with Crippen molar-refractivity contribution in [3.63, 3.8) is 0 Å². The second-order valence-corrected chi connectivity index (χ2v) is 11.9. The molecular weight excluding hydrogens is 511 g/mol. The number of carbonyl (C=O) groups is 1. The molecule has 37 heavy (non-hydrogen) atoms. The Labute approximate surface area is 216 Å². The first-order valence-corrected chi connectivity index (χ1v) is 13.3. The number of hydrogen-bond donors (Lipinski definition) is 2. The lowest BCUT2D eigenvalue weighted by Crippen LogP contribution is -2.44. The Morgan fingerprint density at radius 1 is 1.24 bits per heavy atom. The summed E-state index contributed by atoms with van der Waals surface area (Å²) in [6.45, 7) is 6.93. The minimum Gasteiger partial charge on any atom is -0.406 e. The van der Waals surface area contributed by atoms with Crippen molar-refractivity contribution < 1.29 is 34.0 Å². The van der Waals surface area contributed by atoms with Crippen LogP contribution in [-0.4, -0.2) is 61.2 Å². The summed E-state index contributed by atoms with van der Waals surface area (Å²) in [6, 6.07) is 7.98. The molecule has 2 saturated heterocycles. The van der Waals surface area contributed by atoms with Crippen molar-refractivity contribution in [3.8, 4) is 17.0 Å². The number of ether oxygens (including phenoxy) is 1. The summed E-state index contributed by atoms with van der Waals surface area (Å²) in [5.41, 5.74) is 6.12. The van der Waals surface area contributed by atoms with Gasteiger partial charge in [-0.2, -0.15) is 12.7 Å². The third-order valence-corrected chi connectivity index (χ3v) is 8.02. The molecule has 4 rings (SSSR count). The SMILES string of the molecule is C[C@@H]1CN(c2nc(-c3cccc(OC(F)(F)F)c3)ccc2C(=O)NS(=O)(=O)N2CC[C@H](N)C2)C(C)(C)C1.[HH].[HH]. The molecule has 1 aromatic heterocycles. The number of nitrogens with two attached hydrogens (primary N) is 1. The first-order chi connectivity index (χ1) is 17.1. The van der Waals surface area contributed by atoms with Gasteiger partial charge in [0.25, 0.3) is 5.91 Å². The zero-order valence-corrected chi connectivity index (χ0v) is 21.6. The smallest absolute Gasteiger partial charge is 0.406 e. The van der Waals surface area contributed by atoms with Crippen molar-refractivity contribution in [1.29, 1.82) is 0 Å². The van der Waals surface area contributed by atoms with Crippen molar-refractivity contribution in [3.05, 3.63) is 42.0 Å². The van der Waals surface area contributed by atoms with Gasteiger partial charge in [-0.05, 0) is 56.9 Å². The van der Waals surface area contributed by atoms with Gasteiger partial charge < -0.3 is 15.4 Å². The Morgan fingerprint density at radius 2 is 1.97 bits per heavy atom. The Morgan fingerprint density at radius 3 is 2.57 bits per heavy atom. The van der Waals surface area contributed by atoms with Crippen LogP contribution in [0.15, 0.2) is 36.4 Å². The molecule has 2 atom stereocenters. The number of carbonyl (C=O) groups excluding carboxylic acids is 1. The fourth-order valence-corrected chi connectivity index (χ4v) is 6.22. The van der Waals surface area contributed by atoms with Crippen LogP contribution in [0.3, 0.4) is 0 Å². The number of amides is 1. The number of alkyl halides is 3. The number of hydrogen-bond acceptors (Lipinski definition) is 7. The molecule has 0 bridgehead atoms. The van der Waals surface area contributed by atoms with E-state index in [2.05, 4.69) is 21.4 Å². The fourth-order valence-electron chi connectivity index (χ4n) is 5.01. The van der Waals surface area contributed by atoms with Gasteiger partial charge in [-0.3, -0.25) is 4.79 Å². The number of rotatable bonds is 6. The normalized spacial score (nSPS) is 22.3. The number of nitrogens with zero attached hydrogens (tertiary/aromatic N) is 3. The monoisotopic (exact) mass is 545 g/mol. The van der Waals surface area contributed by atoms with Gasteiger partial charge in [-0.1, -0.05) is 19.1 Å². The molecule has 3 heterocycles. The van der Waals surface area contributed by atoms with Gasteiger partial charge in [-0.15, -0.1) is 13.2 Å². The third-order valence-electron chi connectivity index (χ3n) is 6.56. The maximum atomic E-state index is 13.3. The van der Waals surface area contributed by atoms with E-state index in [1.54, 1.807) is 6.07 Å². The third kappa shape index (κ3) is 6.16. The van der Waals surface area contributed by atoms with E-state index >= 15 is 0 Å². The van der Waals surface area contributed by atoms with E-state index < -0.39 is 33.8 Å². The van der Waals surface area contributed by atoms with E-state index in [1.807, 2.05) is 18.7 Å². The van der Waals surface area contributed by atoms with Crippen LogP contribution in [0.25, 0.3) is 11.3 Å². The van der Waals surface area contributed by atoms with Gasteiger partial charge in [-0.25, -0.2) is 9.71 Å². The Bertz CT molecular complexity index is 1300. The Kier molecular flexibility index (Phi) is 7.16. The predicted octanol–water partition coefficient (Wildman–Crippen LogP) is 3.77. The molecule has 0 aliphatic carbocycles. The van der Waals surface area contributed by atoms with E-state index in [9.17, 15) is 26.4 Å². The van der Waals surface area contributed by atoms with Crippen LogP contribution < -0.4 is 20.1 Å². The number of benzene rings is 1. The predicted molar refractivity (Wildman–Crippen MR) is 136 cm³/mol. The molecular formula is C24H34F3N5O4S. The van der Waals surface area contributed by atoms with Crippen molar-refractivity contribution >= 4 is 21.9 Å². The van der Waals surface area contributed by atoms with E-state index in [0.29, 0.717) is 24.2 Å². The lowest BCUT2D eigenvalue weighted by molar-refractivity contribution is -0.274. The van der Waals surface area contributed by atoms with Gasteiger partial charge >= 0.3 is 16.6 Å². The molecule has 2 fully saturated rings. The number of aromatic nitrogens is 1. The number of pyridine rings is 1. The molecule has 0 spiro atoms. The Hall–Kier alpha value is -2.90. The molecule has 3 N–H and O–H groups in total. The lowest BCUT2D eigenvalue weighted by Gasteiger charge is -2.34. The molecule has 0 unspecified atom stereocenters. The van der Waals surface area contributed by atoms with Gasteiger partial charge in [0.15, 0.2) is 0 Å². The fraction of sp³-hybridized carbons (Fsp3) is 0.500. The average Bonchev–Trinajstić information content (AvgIpc) is 3.34. The molecule has 206 valence electrons. The zero-order chi connectivity index (χ0) is 27.2. The van der Waals surface area contributed by atoms with Crippen LogP contribution in [0.4, 0.5) is 19.0 Å². The molecule has 0 saturated carbocycles. The quantitative estimate of drug-likeness (QED) is 0.567. The number of halogens is 3. The van der Waals surface area contributed by atoms with Gasteiger partial charge in [0.2, 0.25) is 0 Å². The number of anilines is 1. The highest BCUT2D eigenvalue weighted by Gasteiger charge is 2.40. The van der Waals surface area contributed by atoms with Crippen molar-refractivity contribution in [2.24, 2.45) is 11.7 Å². The second-order valence-electron chi connectivity index (χ2n) is 10.2. The van der Waals surface area contributed by atoms with E-state index in [1.165, 1.54) is 30.3 Å². The van der Waals surface area contributed by atoms with Crippen LogP contribution in [0.2, 0.25) is 0 Å².